The third-order valence-corrected chi connectivity index (χ3v) is 5.89. The van der Waals surface area contributed by atoms with Crippen LogP contribution in [0.5, 0.6) is 0 Å². The molecule has 4 rings (SSSR count). The second kappa shape index (κ2) is 10.5. The average molecular weight is 434 g/mol. The van der Waals surface area contributed by atoms with E-state index in [0.29, 0.717) is 25.3 Å². The molecule has 0 aliphatic carbocycles. The van der Waals surface area contributed by atoms with Crippen molar-refractivity contribution in [2.24, 2.45) is 0 Å². The Labute approximate surface area is 189 Å². The highest BCUT2D eigenvalue weighted by molar-refractivity contribution is 5.94. The van der Waals surface area contributed by atoms with E-state index in [9.17, 15) is 4.79 Å². The number of carbonyl (C=O) groups excluding carboxylic acids is 1. The van der Waals surface area contributed by atoms with Gasteiger partial charge in [-0.25, -0.2) is 0 Å². The molecule has 1 saturated heterocycles. The van der Waals surface area contributed by atoms with E-state index in [4.69, 9.17) is 9.26 Å². The van der Waals surface area contributed by atoms with Crippen LogP contribution in [-0.2, 0) is 11.3 Å². The molecule has 1 aliphatic heterocycles. The normalized spacial score (nSPS) is 13.5. The van der Waals surface area contributed by atoms with Gasteiger partial charge in [-0.1, -0.05) is 47.1 Å². The summed E-state index contributed by atoms with van der Waals surface area (Å²) in [5.41, 5.74) is 4.64. The lowest BCUT2D eigenvalue weighted by Gasteiger charge is -2.24. The third-order valence-electron chi connectivity index (χ3n) is 5.89. The Bertz CT molecular complexity index is 1030. The first-order valence-electron chi connectivity index (χ1n) is 11.3. The molecule has 0 spiro atoms. The van der Waals surface area contributed by atoms with Gasteiger partial charge in [-0.3, -0.25) is 4.79 Å². The molecule has 1 amide bonds. The van der Waals surface area contributed by atoms with Crippen molar-refractivity contribution < 1.29 is 14.1 Å². The van der Waals surface area contributed by atoms with Crippen molar-refractivity contribution in [3.05, 3.63) is 71.3 Å². The van der Waals surface area contributed by atoms with Crippen molar-refractivity contribution in [2.45, 2.75) is 32.7 Å². The van der Waals surface area contributed by atoms with Crippen LogP contribution in [0.3, 0.4) is 0 Å². The number of methoxy groups -OCH3 is 1. The Hall–Kier alpha value is -3.12. The lowest BCUT2D eigenvalue weighted by molar-refractivity contribution is 0.0724. The Morgan fingerprint density at radius 1 is 1.12 bits per heavy atom. The van der Waals surface area contributed by atoms with Crippen molar-refractivity contribution in [3.8, 4) is 11.3 Å². The molecular formula is C26H31N3O3. The summed E-state index contributed by atoms with van der Waals surface area (Å²) in [6, 6.07) is 17.7. The van der Waals surface area contributed by atoms with Crippen molar-refractivity contribution >= 4 is 11.8 Å². The molecule has 3 aromatic rings. The van der Waals surface area contributed by atoms with Crippen LogP contribution in [-0.4, -0.2) is 49.3 Å². The van der Waals surface area contributed by atoms with Crippen molar-refractivity contribution in [1.29, 1.82) is 0 Å². The zero-order valence-corrected chi connectivity index (χ0v) is 18.9. The lowest BCUT2D eigenvalue weighted by atomic mass is 10.0. The molecule has 6 heteroatoms. The molecule has 2 heterocycles. The number of hydrogen-bond donors (Lipinski definition) is 0. The van der Waals surface area contributed by atoms with Crippen LogP contribution in [0.15, 0.2) is 59.1 Å². The fraction of sp³-hybridized carbons (Fsp3) is 0.385. The molecule has 0 unspecified atom stereocenters. The SMILES string of the molecule is COCCCN(Cc1c(-c2cccc(C)c2)noc1N1CCCC1)C(=O)c1ccccc1. The van der Waals surface area contributed by atoms with Crippen molar-refractivity contribution in [1.82, 2.24) is 10.1 Å². The van der Waals surface area contributed by atoms with Gasteiger partial charge in [0.2, 0.25) is 5.88 Å². The molecule has 1 aliphatic rings. The van der Waals surface area contributed by atoms with Crippen molar-refractivity contribution in [2.75, 3.05) is 38.3 Å². The van der Waals surface area contributed by atoms with E-state index in [1.165, 1.54) is 0 Å². The summed E-state index contributed by atoms with van der Waals surface area (Å²) in [6.45, 7) is 5.61. The summed E-state index contributed by atoms with van der Waals surface area (Å²) >= 11 is 0. The summed E-state index contributed by atoms with van der Waals surface area (Å²) in [4.78, 5) is 17.6. The number of rotatable bonds is 9. The van der Waals surface area contributed by atoms with Crippen LogP contribution < -0.4 is 4.90 Å². The maximum Gasteiger partial charge on any atom is 0.254 e. The van der Waals surface area contributed by atoms with Gasteiger partial charge in [0, 0.05) is 44.5 Å². The first-order chi connectivity index (χ1) is 15.7. The van der Waals surface area contributed by atoms with E-state index in [2.05, 4.69) is 35.2 Å². The van der Waals surface area contributed by atoms with E-state index < -0.39 is 0 Å². The highest BCUT2D eigenvalue weighted by Crippen LogP contribution is 2.34. The standard InChI is InChI=1S/C26H31N3O3/c1-20-10-8-13-22(18-20)24-23(26(32-27-24)28-14-6-7-15-28)19-29(16-9-17-31-2)25(30)21-11-4-3-5-12-21/h3-5,8,10-13,18H,6-7,9,14-17,19H2,1-2H3. The van der Waals surface area contributed by atoms with Gasteiger partial charge in [-0.2, -0.15) is 0 Å². The maximum absolute atomic E-state index is 13.4. The summed E-state index contributed by atoms with van der Waals surface area (Å²) in [5.74, 6) is 0.794. The van der Waals surface area contributed by atoms with Crippen LogP contribution in [0.4, 0.5) is 5.88 Å². The maximum atomic E-state index is 13.4. The number of aromatic nitrogens is 1. The second-order valence-electron chi connectivity index (χ2n) is 8.32. The van der Waals surface area contributed by atoms with Crippen LogP contribution in [0.25, 0.3) is 11.3 Å². The summed E-state index contributed by atoms with van der Waals surface area (Å²) in [7, 11) is 1.69. The van der Waals surface area contributed by atoms with Crippen molar-refractivity contribution in [3.63, 3.8) is 0 Å². The summed E-state index contributed by atoms with van der Waals surface area (Å²) in [5, 5.41) is 4.47. The number of nitrogens with zero attached hydrogens (tertiary/aromatic N) is 3. The molecular weight excluding hydrogens is 402 g/mol. The number of amides is 1. The van der Waals surface area contributed by atoms with Gasteiger partial charge in [0.15, 0.2) is 0 Å². The lowest BCUT2D eigenvalue weighted by Crippen LogP contribution is -2.33. The summed E-state index contributed by atoms with van der Waals surface area (Å²) in [6.07, 6.45) is 3.04. The van der Waals surface area contributed by atoms with Gasteiger partial charge in [0.25, 0.3) is 5.91 Å². The fourth-order valence-corrected chi connectivity index (χ4v) is 4.24. The topological polar surface area (TPSA) is 58.8 Å². The minimum absolute atomic E-state index is 0.00506. The first kappa shape index (κ1) is 22.1. The molecule has 1 aromatic heterocycles. The molecule has 0 radical (unpaired) electrons. The van der Waals surface area contributed by atoms with Crippen LogP contribution in [0.2, 0.25) is 0 Å². The van der Waals surface area contributed by atoms with E-state index in [0.717, 1.165) is 60.6 Å². The largest absolute Gasteiger partial charge is 0.385 e. The molecule has 2 aromatic carbocycles. The molecule has 1 fully saturated rings. The van der Waals surface area contributed by atoms with E-state index in [-0.39, 0.29) is 5.91 Å². The molecule has 0 saturated carbocycles. The van der Waals surface area contributed by atoms with Gasteiger partial charge in [-0.05, 0) is 44.4 Å². The Balaban J connectivity index is 1.70. The predicted octanol–water partition coefficient (Wildman–Crippen LogP) is 4.93. The second-order valence-corrected chi connectivity index (χ2v) is 8.32. The molecule has 0 atom stereocenters. The quantitative estimate of drug-likeness (QED) is 0.448. The molecule has 6 nitrogen and oxygen atoms in total. The minimum atomic E-state index is 0.00506. The highest BCUT2D eigenvalue weighted by Gasteiger charge is 2.28. The number of carbonyl (C=O) groups is 1. The zero-order valence-electron chi connectivity index (χ0n) is 18.9. The Morgan fingerprint density at radius 3 is 2.62 bits per heavy atom. The fourth-order valence-electron chi connectivity index (χ4n) is 4.24. The predicted molar refractivity (Wildman–Crippen MR) is 126 cm³/mol. The monoisotopic (exact) mass is 433 g/mol. The van der Waals surface area contributed by atoms with Gasteiger partial charge < -0.3 is 19.1 Å². The van der Waals surface area contributed by atoms with Crippen LogP contribution >= 0.6 is 0 Å². The van der Waals surface area contributed by atoms with Crippen LogP contribution in [0.1, 0.15) is 40.7 Å². The van der Waals surface area contributed by atoms with E-state index in [1.54, 1.807) is 7.11 Å². The van der Waals surface area contributed by atoms with Gasteiger partial charge in [0.1, 0.15) is 5.69 Å². The van der Waals surface area contributed by atoms with Gasteiger partial charge >= 0.3 is 0 Å². The first-order valence-corrected chi connectivity index (χ1v) is 11.3. The van der Waals surface area contributed by atoms with E-state index in [1.807, 2.05) is 41.3 Å². The molecule has 0 N–H and O–H groups in total. The molecule has 32 heavy (non-hydrogen) atoms. The Morgan fingerprint density at radius 2 is 1.91 bits per heavy atom. The third kappa shape index (κ3) is 5.02. The molecule has 168 valence electrons. The number of hydrogen-bond acceptors (Lipinski definition) is 5. The molecule has 0 bridgehead atoms. The summed E-state index contributed by atoms with van der Waals surface area (Å²) < 4.78 is 11.1. The zero-order chi connectivity index (χ0) is 22.3. The Kier molecular flexibility index (Phi) is 7.22. The van der Waals surface area contributed by atoms with Gasteiger partial charge in [-0.15, -0.1) is 0 Å². The average Bonchev–Trinajstić information content (AvgIpc) is 3.48. The number of benzene rings is 2. The number of anilines is 1. The minimum Gasteiger partial charge on any atom is -0.385 e. The van der Waals surface area contributed by atoms with Gasteiger partial charge in [0.05, 0.1) is 12.1 Å². The van der Waals surface area contributed by atoms with E-state index >= 15 is 0 Å². The number of ether oxygens (including phenoxy) is 1. The highest BCUT2D eigenvalue weighted by atomic mass is 16.5. The smallest absolute Gasteiger partial charge is 0.254 e. The number of aryl methyl sites for hydroxylation is 1. The van der Waals surface area contributed by atoms with Crippen LogP contribution in [0, 0.1) is 6.92 Å².